The third-order valence-corrected chi connectivity index (χ3v) is 5.53. The average molecular weight is 448 g/mol. The van der Waals surface area contributed by atoms with Crippen molar-refractivity contribution in [3.63, 3.8) is 0 Å². The van der Waals surface area contributed by atoms with Gasteiger partial charge in [0.25, 0.3) is 11.8 Å². The molecule has 1 fully saturated rings. The number of rotatable bonds is 6. The number of aliphatic hydroxyl groups is 3. The number of furan rings is 1. The first-order valence-electron chi connectivity index (χ1n) is 9.77. The van der Waals surface area contributed by atoms with Gasteiger partial charge in [-0.1, -0.05) is 30.3 Å². The second-order valence-electron chi connectivity index (χ2n) is 7.60. The number of hydrogen-bond donors (Lipinski definition) is 5. The van der Waals surface area contributed by atoms with Gasteiger partial charge in [-0.2, -0.15) is 0 Å². The van der Waals surface area contributed by atoms with Gasteiger partial charge in [-0.25, -0.2) is 0 Å². The van der Waals surface area contributed by atoms with Crippen LogP contribution in [-0.4, -0.2) is 74.5 Å². The van der Waals surface area contributed by atoms with E-state index in [1.165, 1.54) is 17.0 Å². The number of nitrogens with zero attached hydrogens (tertiary/aromatic N) is 1. The normalized spacial score (nSPS) is 20.7. The molecule has 3 heterocycles. The predicted molar refractivity (Wildman–Crippen MR) is 112 cm³/mol. The Kier molecular flexibility index (Phi) is 6.01. The van der Waals surface area contributed by atoms with E-state index >= 15 is 0 Å². The zero-order valence-corrected chi connectivity index (χ0v) is 17.1. The van der Waals surface area contributed by atoms with Crippen LogP contribution >= 0.6 is 11.6 Å². The molecule has 1 saturated heterocycles. The monoisotopic (exact) mass is 447 g/mol. The molecule has 0 unspecified atom stereocenters. The molecule has 10 heteroatoms. The molecule has 9 nitrogen and oxygen atoms in total. The fraction of sp³-hybridized carbons (Fsp3) is 0.333. The molecule has 0 saturated carbocycles. The Bertz CT molecular complexity index is 1040. The summed E-state index contributed by atoms with van der Waals surface area (Å²) in [6.07, 6.45) is -3.52. The number of carbonyl (C=O) groups excluding carboxylic acids is 2. The van der Waals surface area contributed by atoms with Gasteiger partial charge in [0.15, 0.2) is 16.9 Å². The van der Waals surface area contributed by atoms with Crippen LogP contribution in [0, 0.1) is 0 Å². The summed E-state index contributed by atoms with van der Waals surface area (Å²) in [4.78, 5) is 29.7. The Morgan fingerprint density at radius 1 is 1.19 bits per heavy atom. The van der Waals surface area contributed by atoms with Gasteiger partial charge >= 0.3 is 0 Å². The molecule has 164 valence electrons. The van der Waals surface area contributed by atoms with Crippen LogP contribution in [0.4, 0.5) is 0 Å². The van der Waals surface area contributed by atoms with Crippen LogP contribution in [0.3, 0.4) is 0 Å². The number of halogens is 1. The molecule has 4 rings (SSSR count). The molecule has 31 heavy (non-hydrogen) atoms. The quantitative estimate of drug-likeness (QED) is 0.376. The first-order valence-corrected chi connectivity index (χ1v) is 10.2. The lowest BCUT2D eigenvalue weighted by molar-refractivity contribution is -0.141. The number of aliphatic hydroxyl groups excluding tert-OH is 3. The molecule has 0 spiro atoms. The predicted octanol–water partition coefficient (Wildman–Crippen LogP) is 0.680. The van der Waals surface area contributed by atoms with E-state index in [0.29, 0.717) is 11.1 Å². The largest absolute Gasteiger partial charge is 0.443 e. The van der Waals surface area contributed by atoms with Crippen LogP contribution in [0.2, 0.25) is 5.22 Å². The van der Waals surface area contributed by atoms with Crippen molar-refractivity contribution in [3.05, 3.63) is 58.9 Å². The zero-order valence-electron chi connectivity index (χ0n) is 16.4. The Balaban J connectivity index is 1.53. The maximum Gasteiger partial charge on any atom is 0.268 e. The molecule has 0 radical (unpaired) electrons. The third-order valence-electron chi connectivity index (χ3n) is 5.34. The second-order valence-corrected chi connectivity index (χ2v) is 7.98. The Morgan fingerprint density at radius 3 is 2.52 bits per heavy atom. The fourth-order valence-electron chi connectivity index (χ4n) is 3.68. The summed E-state index contributed by atoms with van der Waals surface area (Å²) in [5.74, 6) is -1.21. The SMILES string of the molecule is O=C(N[C@@H](Cc1ccccc1)[C@@H](O)C(=O)N1C[C@@H](O)[C@@H](O)C1)c1cc2oc(Cl)cc2[nH]1. The van der Waals surface area contributed by atoms with Crippen molar-refractivity contribution in [2.45, 2.75) is 30.8 Å². The number of β-amino-alcohol motifs (C(OH)–C–C–N with tert-alkyl or cyclic N) is 2. The molecule has 2 amide bonds. The standard InChI is InChI=1S/C21H22ClN3O6/c22-18-8-12-17(31-18)7-14(23-12)20(29)24-13(6-11-4-2-1-3-5-11)19(28)21(30)25-9-15(26)16(27)10-25/h1-5,7-8,13,15-16,19,23,26-28H,6,9-10H2,(H,24,29)/t13-,15-,16+,19+/m0/s1. The molecule has 1 aliphatic rings. The molecule has 1 aliphatic heterocycles. The highest BCUT2D eigenvalue weighted by Crippen LogP contribution is 2.23. The number of likely N-dealkylation sites (tertiary alicyclic amines) is 1. The van der Waals surface area contributed by atoms with E-state index in [9.17, 15) is 24.9 Å². The summed E-state index contributed by atoms with van der Waals surface area (Å²) < 4.78 is 5.27. The Labute approximate surface area is 182 Å². The summed E-state index contributed by atoms with van der Waals surface area (Å²) >= 11 is 5.79. The number of amides is 2. The van der Waals surface area contributed by atoms with Crippen LogP contribution in [-0.2, 0) is 11.2 Å². The Hall–Kier alpha value is -2.85. The maximum atomic E-state index is 12.8. The molecular weight excluding hydrogens is 426 g/mol. The van der Waals surface area contributed by atoms with Gasteiger partial charge in [-0.15, -0.1) is 0 Å². The Morgan fingerprint density at radius 2 is 1.87 bits per heavy atom. The number of hydrogen-bond acceptors (Lipinski definition) is 6. The van der Waals surface area contributed by atoms with E-state index < -0.39 is 36.2 Å². The van der Waals surface area contributed by atoms with Gasteiger partial charge in [-0.3, -0.25) is 9.59 Å². The van der Waals surface area contributed by atoms with E-state index in [0.717, 1.165) is 5.56 Å². The van der Waals surface area contributed by atoms with E-state index in [2.05, 4.69) is 10.3 Å². The summed E-state index contributed by atoms with van der Waals surface area (Å²) in [5.41, 5.74) is 1.96. The summed E-state index contributed by atoms with van der Waals surface area (Å²) in [6.45, 7) is -0.173. The van der Waals surface area contributed by atoms with Crippen LogP contribution in [0.5, 0.6) is 0 Å². The number of aromatic amines is 1. The lowest BCUT2D eigenvalue weighted by atomic mass is 10.00. The number of H-pyrrole nitrogens is 1. The van der Waals surface area contributed by atoms with Crippen LogP contribution in [0.15, 0.2) is 46.9 Å². The van der Waals surface area contributed by atoms with Crippen LogP contribution in [0.25, 0.3) is 11.1 Å². The van der Waals surface area contributed by atoms with Gasteiger partial charge in [0.05, 0.1) is 23.8 Å². The molecule has 0 bridgehead atoms. The van der Waals surface area contributed by atoms with E-state index in [1.54, 1.807) is 0 Å². The number of fused-ring (bicyclic) bond motifs is 1. The lowest BCUT2D eigenvalue weighted by Crippen LogP contribution is -2.52. The third kappa shape index (κ3) is 4.59. The zero-order chi connectivity index (χ0) is 22.1. The van der Waals surface area contributed by atoms with Crippen molar-refractivity contribution in [2.24, 2.45) is 0 Å². The highest BCUT2D eigenvalue weighted by atomic mass is 35.5. The van der Waals surface area contributed by atoms with Gasteiger partial charge in [0.1, 0.15) is 5.69 Å². The van der Waals surface area contributed by atoms with Gasteiger partial charge in [0.2, 0.25) is 0 Å². The van der Waals surface area contributed by atoms with Crippen LogP contribution in [0.1, 0.15) is 16.1 Å². The highest BCUT2D eigenvalue weighted by Gasteiger charge is 2.38. The van der Waals surface area contributed by atoms with Crippen molar-refractivity contribution < 1.29 is 29.3 Å². The van der Waals surface area contributed by atoms with E-state index in [1.807, 2.05) is 30.3 Å². The number of aromatic nitrogens is 1. The van der Waals surface area contributed by atoms with Crippen molar-refractivity contribution in [3.8, 4) is 0 Å². The number of carbonyl (C=O) groups is 2. The summed E-state index contributed by atoms with van der Waals surface area (Å²) in [6, 6.07) is 11.2. The second kappa shape index (κ2) is 8.72. The first kappa shape index (κ1) is 21.4. The molecule has 2 aromatic heterocycles. The van der Waals surface area contributed by atoms with Crippen molar-refractivity contribution >= 4 is 34.5 Å². The number of nitrogens with one attached hydrogen (secondary N) is 2. The van der Waals surface area contributed by atoms with Gasteiger partial charge < -0.3 is 34.9 Å². The lowest BCUT2D eigenvalue weighted by Gasteiger charge is -2.27. The smallest absolute Gasteiger partial charge is 0.268 e. The minimum atomic E-state index is -1.57. The fourth-order valence-corrected chi connectivity index (χ4v) is 3.87. The average Bonchev–Trinajstić information content (AvgIpc) is 3.40. The van der Waals surface area contributed by atoms with Crippen molar-refractivity contribution in [1.29, 1.82) is 0 Å². The molecule has 5 N–H and O–H groups in total. The highest BCUT2D eigenvalue weighted by molar-refractivity contribution is 6.29. The molecule has 4 atom stereocenters. The van der Waals surface area contributed by atoms with Gasteiger partial charge in [-0.05, 0) is 23.6 Å². The molecular formula is C21H22ClN3O6. The molecule has 1 aromatic carbocycles. The van der Waals surface area contributed by atoms with Gasteiger partial charge in [0, 0.05) is 25.2 Å². The number of benzene rings is 1. The van der Waals surface area contributed by atoms with Crippen molar-refractivity contribution in [1.82, 2.24) is 15.2 Å². The molecule has 0 aliphatic carbocycles. The maximum absolute atomic E-state index is 12.8. The first-order chi connectivity index (χ1) is 14.8. The minimum Gasteiger partial charge on any atom is -0.443 e. The molecule has 3 aromatic rings. The topological polar surface area (TPSA) is 139 Å². The van der Waals surface area contributed by atoms with Crippen LogP contribution < -0.4 is 5.32 Å². The van der Waals surface area contributed by atoms with E-state index in [-0.39, 0.29) is 30.4 Å². The minimum absolute atomic E-state index is 0.0865. The summed E-state index contributed by atoms with van der Waals surface area (Å²) in [7, 11) is 0. The van der Waals surface area contributed by atoms with Crippen molar-refractivity contribution in [2.75, 3.05) is 13.1 Å². The summed E-state index contributed by atoms with van der Waals surface area (Å²) in [5, 5.41) is 33.1. The van der Waals surface area contributed by atoms with E-state index in [4.69, 9.17) is 16.0 Å².